The minimum Gasteiger partial charge on any atom is -0.480 e. The SMILES string of the molecule is Cc1nc2ccccc2c(=O)n1CC1CCN(C(=O)C2CCc3ccccc3O2)CC1. The van der Waals surface area contributed by atoms with Crippen molar-refractivity contribution in [3.05, 3.63) is 70.3 Å². The van der Waals surface area contributed by atoms with Crippen LogP contribution in [-0.4, -0.2) is 39.6 Å². The molecule has 0 aliphatic carbocycles. The molecular weight excluding hydrogens is 390 g/mol. The maximum absolute atomic E-state index is 13.0. The smallest absolute Gasteiger partial charge is 0.263 e. The Balaban J connectivity index is 1.23. The monoisotopic (exact) mass is 417 g/mol. The number of hydrogen-bond donors (Lipinski definition) is 0. The number of amides is 1. The fraction of sp³-hybridized carbons (Fsp3) is 0.400. The molecule has 2 aliphatic rings. The van der Waals surface area contributed by atoms with Crippen molar-refractivity contribution in [2.45, 2.75) is 45.3 Å². The van der Waals surface area contributed by atoms with Crippen molar-refractivity contribution in [2.24, 2.45) is 5.92 Å². The van der Waals surface area contributed by atoms with Crippen LogP contribution in [0.3, 0.4) is 0 Å². The Hall–Kier alpha value is -3.15. The first-order valence-corrected chi connectivity index (χ1v) is 11.1. The molecule has 0 saturated carbocycles. The van der Waals surface area contributed by atoms with Gasteiger partial charge in [-0.1, -0.05) is 30.3 Å². The number of fused-ring (bicyclic) bond motifs is 2. The minimum atomic E-state index is -0.388. The van der Waals surface area contributed by atoms with Gasteiger partial charge in [-0.3, -0.25) is 14.2 Å². The number of para-hydroxylation sites is 2. The quantitative estimate of drug-likeness (QED) is 0.656. The molecule has 0 radical (unpaired) electrons. The lowest BCUT2D eigenvalue weighted by atomic mass is 9.95. The van der Waals surface area contributed by atoms with Crippen molar-refractivity contribution in [3.63, 3.8) is 0 Å². The van der Waals surface area contributed by atoms with Crippen LogP contribution in [0.1, 0.15) is 30.7 Å². The van der Waals surface area contributed by atoms with E-state index in [1.54, 1.807) is 4.57 Å². The maximum atomic E-state index is 13.0. The summed E-state index contributed by atoms with van der Waals surface area (Å²) in [6.07, 6.45) is 2.98. The first-order chi connectivity index (χ1) is 15.1. The molecule has 0 bridgehead atoms. The summed E-state index contributed by atoms with van der Waals surface area (Å²) in [7, 11) is 0. The van der Waals surface area contributed by atoms with Gasteiger partial charge in [0, 0.05) is 19.6 Å². The average molecular weight is 418 g/mol. The number of piperidine rings is 1. The van der Waals surface area contributed by atoms with Crippen LogP contribution in [0, 0.1) is 12.8 Å². The Bertz CT molecular complexity index is 1180. The zero-order chi connectivity index (χ0) is 21.4. The molecule has 2 aromatic carbocycles. The van der Waals surface area contributed by atoms with Crippen LogP contribution in [0.25, 0.3) is 10.9 Å². The summed E-state index contributed by atoms with van der Waals surface area (Å²) >= 11 is 0. The van der Waals surface area contributed by atoms with E-state index in [1.807, 2.05) is 54.3 Å². The van der Waals surface area contributed by atoms with Crippen molar-refractivity contribution < 1.29 is 9.53 Å². The fourth-order valence-corrected chi connectivity index (χ4v) is 4.79. The van der Waals surface area contributed by atoms with Crippen molar-refractivity contribution in [3.8, 4) is 5.75 Å². The zero-order valence-electron chi connectivity index (χ0n) is 17.8. The van der Waals surface area contributed by atoms with Gasteiger partial charge in [0.25, 0.3) is 11.5 Å². The van der Waals surface area contributed by atoms with Crippen LogP contribution in [0.2, 0.25) is 0 Å². The van der Waals surface area contributed by atoms with E-state index in [-0.39, 0.29) is 17.6 Å². The number of likely N-dealkylation sites (tertiary alicyclic amines) is 1. The molecule has 1 atom stereocenters. The maximum Gasteiger partial charge on any atom is 0.263 e. The third-order valence-electron chi connectivity index (χ3n) is 6.61. The molecule has 1 saturated heterocycles. The fourth-order valence-electron chi connectivity index (χ4n) is 4.79. The van der Waals surface area contributed by atoms with Crippen LogP contribution in [0.15, 0.2) is 53.3 Å². The van der Waals surface area contributed by atoms with E-state index < -0.39 is 0 Å². The van der Waals surface area contributed by atoms with Gasteiger partial charge < -0.3 is 9.64 Å². The molecule has 3 aromatic rings. The van der Waals surface area contributed by atoms with Crippen molar-refractivity contribution in [1.82, 2.24) is 14.5 Å². The Morgan fingerprint density at radius 3 is 2.65 bits per heavy atom. The van der Waals surface area contributed by atoms with E-state index in [4.69, 9.17) is 4.74 Å². The number of nitrogens with zero attached hydrogens (tertiary/aromatic N) is 3. The van der Waals surface area contributed by atoms with Crippen LogP contribution in [-0.2, 0) is 17.8 Å². The first-order valence-electron chi connectivity index (χ1n) is 11.1. The number of carbonyl (C=O) groups excluding carboxylic acids is 1. The van der Waals surface area contributed by atoms with Gasteiger partial charge in [0.05, 0.1) is 10.9 Å². The Kier molecular flexibility index (Phi) is 5.22. The lowest BCUT2D eigenvalue weighted by Crippen LogP contribution is -2.47. The highest BCUT2D eigenvalue weighted by Gasteiger charge is 2.32. The molecule has 6 heteroatoms. The third kappa shape index (κ3) is 3.82. The third-order valence-corrected chi connectivity index (χ3v) is 6.61. The van der Waals surface area contributed by atoms with Crippen LogP contribution in [0.5, 0.6) is 5.75 Å². The van der Waals surface area contributed by atoms with Gasteiger partial charge in [0.2, 0.25) is 0 Å². The minimum absolute atomic E-state index is 0.0240. The molecule has 1 aromatic heterocycles. The molecule has 5 rings (SSSR count). The van der Waals surface area contributed by atoms with E-state index in [0.29, 0.717) is 30.9 Å². The van der Waals surface area contributed by atoms with Crippen molar-refractivity contribution in [1.29, 1.82) is 0 Å². The van der Waals surface area contributed by atoms with Crippen LogP contribution >= 0.6 is 0 Å². The number of rotatable bonds is 3. The molecule has 1 amide bonds. The summed E-state index contributed by atoms with van der Waals surface area (Å²) in [6.45, 7) is 3.96. The molecule has 3 heterocycles. The summed E-state index contributed by atoms with van der Waals surface area (Å²) in [5.41, 5.74) is 1.95. The topological polar surface area (TPSA) is 64.4 Å². The number of carbonyl (C=O) groups is 1. The molecule has 1 unspecified atom stereocenters. The highest BCUT2D eigenvalue weighted by molar-refractivity contribution is 5.81. The molecule has 31 heavy (non-hydrogen) atoms. The molecule has 1 fully saturated rings. The summed E-state index contributed by atoms with van der Waals surface area (Å²) < 4.78 is 7.79. The van der Waals surface area contributed by atoms with E-state index >= 15 is 0 Å². The highest BCUT2D eigenvalue weighted by Crippen LogP contribution is 2.29. The number of aryl methyl sites for hydroxylation is 2. The lowest BCUT2D eigenvalue weighted by molar-refractivity contribution is -0.141. The summed E-state index contributed by atoms with van der Waals surface area (Å²) in [4.78, 5) is 32.5. The molecule has 0 spiro atoms. The van der Waals surface area contributed by atoms with E-state index in [9.17, 15) is 9.59 Å². The molecule has 2 aliphatic heterocycles. The largest absolute Gasteiger partial charge is 0.480 e. The Labute approximate surface area is 181 Å². The van der Waals surface area contributed by atoms with Gasteiger partial charge in [-0.15, -0.1) is 0 Å². The summed E-state index contributed by atoms with van der Waals surface area (Å²) in [5, 5.41) is 0.662. The zero-order valence-corrected chi connectivity index (χ0v) is 17.8. The standard InChI is InChI=1S/C25H27N3O3/c1-17-26-21-8-4-3-7-20(21)24(29)28(17)16-18-12-14-27(15-13-18)25(30)23-11-10-19-6-2-5-9-22(19)31-23/h2-9,18,23H,10-16H2,1H3. The van der Waals surface area contributed by atoms with Gasteiger partial charge in [-0.2, -0.15) is 0 Å². The van der Waals surface area contributed by atoms with Gasteiger partial charge in [0.15, 0.2) is 6.10 Å². The number of hydrogen-bond acceptors (Lipinski definition) is 4. The van der Waals surface area contributed by atoms with Gasteiger partial charge in [-0.25, -0.2) is 4.98 Å². The average Bonchev–Trinajstić information content (AvgIpc) is 2.81. The highest BCUT2D eigenvalue weighted by atomic mass is 16.5. The van der Waals surface area contributed by atoms with Gasteiger partial charge >= 0.3 is 0 Å². The van der Waals surface area contributed by atoms with Gasteiger partial charge in [0.1, 0.15) is 11.6 Å². The molecule has 0 N–H and O–H groups in total. The van der Waals surface area contributed by atoms with Crippen molar-refractivity contribution >= 4 is 16.8 Å². The second-order valence-corrected chi connectivity index (χ2v) is 8.61. The number of benzene rings is 2. The summed E-state index contributed by atoms with van der Waals surface area (Å²) in [6, 6.07) is 15.5. The summed E-state index contributed by atoms with van der Waals surface area (Å²) in [5.74, 6) is 2.03. The molecule has 160 valence electrons. The predicted octanol–water partition coefficient (Wildman–Crippen LogP) is 3.34. The Morgan fingerprint density at radius 1 is 1.06 bits per heavy atom. The second kappa shape index (κ2) is 8.17. The second-order valence-electron chi connectivity index (χ2n) is 8.61. The number of ether oxygens (including phenoxy) is 1. The number of aromatic nitrogens is 2. The van der Waals surface area contributed by atoms with Gasteiger partial charge in [-0.05, 0) is 62.3 Å². The van der Waals surface area contributed by atoms with Crippen molar-refractivity contribution in [2.75, 3.05) is 13.1 Å². The van der Waals surface area contributed by atoms with E-state index in [1.165, 1.54) is 5.56 Å². The van der Waals surface area contributed by atoms with E-state index in [2.05, 4.69) is 11.1 Å². The first kappa shape index (κ1) is 19.8. The lowest BCUT2D eigenvalue weighted by Gasteiger charge is -2.35. The predicted molar refractivity (Wildman–Crippen MR) is 119 cm³/mol. The van der Waals surface area contributed by atoms with Crippen LogP contribution < -0.4 is 10.3 Å². The van der Waals surface area contributed by atoms with Crippen LogP contribution in [0.4, 0.5) is 0 Å². The van der Waals surface area contributed by atoms with E-state index in [0.717, 1.165) is 42.8 Å². The Morgan fingerprint density at radius 2 is 1.81 bits per heavy atom. The molecular formula is C25H27N3O3. The molecule has 6 nitrogen and oxygen atoms in total. The normalized spacial score (nSPS) is 19.1.